The van der Waals surface area contributed by atoms with E-state index in [4.69, 9.17) is 10.8 Å². The third-order valence-corrected chi connectivity index (χ3v) is 1.62. The number of aliphatic carboxylic acids is 1. The maximum Gasteiger partial charge on any atom is 0.305 e. The fourth-order valence-corrected chi connectivity index (χ4v) is 1.01. The van der Waals surface area contributed by atoms with Crippen molar-refractivity contribution in [3.8, 4) is 0 Å². The molecule has 0 radical (unpaired) electrons. The third-order valence-electron chi connectivity index (χ3n) is 1.62. The Morgan fingerprint density at radius 3 is 2.38 bits per heavy atom. The molecule has 0 saturated carbocycles. The Morgan fingerprint density at radius 1 is 1.38 bits per heavy atom. The van der Waals surface area contributed by atoms with Gasteiger partial charge in [0, 0.05) is 6.04 Å². The highest BCUT2D eigenvalue weighted by Crippen LogP contribution is 2.12. The lowest BCUT2D eigenvalue weighted by molar-refractivity contribution is -0.137. The van der Waals surface area contributed by atoms with Crippen molar-refractivity contribution in [1.29, 1.82) is 0 Å². The number of carboxylic acids is 1. The maximum absolute atomic E-state index is 10.3. The van der Waals surface area contributed by atoms with E-state index in [1.807, 2.05) is 30.3 Å². The van der Waals surface area contributed by atoms with Gasteiger partial charge in [-0.3, -0.25) is 4.79 Å². The van der Waals surface area contributed by atoms with E-state index < -0.39 is 12.0 Å². The summed E-state index contributed by atoms with van der Waals surface area (Å²) in [6, 6.07) is 8.82. The van der Waals surface area contributed by atoms with E-state index in [2.05, 4.69) is 0 Å². The zero-order valence-corrected chi connectivity index (χ0v) is 8.10. The van der Waals surface area contributed by atoms with Gasteiger partial charge in [-0.2, -0.15) is 13.5 Å². The summed E-state index contributed by atoms with van der Waals surface area (Å²) in [5.74, 6) is -0.869. The number of hydrogen-bond acceptors (Lipinski definition) is 2. The van der Waals surface area contributed by atoms with Crippen LogP contribution in [0.15, 0.2) is 30.3 Å². The fourth-order valence-electron chi connectivity index (χ4n) is 1.01. The summed E-state index contributed by atoms with van der Waals surface area (Å²) in [5, 5.41) is 8.47. The molecule has 3 nitrogen and oxygen atoms in total. The molecule has 0 amide bonds. The van der Waals surface area contributed by atoms with Gasteiger partial charge in [0.1, 0.15) is 0 Å². The van der Waals surface area contributed by atoms with Gasteiger partial charge in [-0.1, -0.05) is 30.3 Å². The first-order chi connectivity index (χ1) is 5.70. The van der Waals surface area contributed by atoms with Crippen molar-refractivity contribution in [2.24, 2.45) is 5.73 Å². The molecule has 1 aromatic carbocycles. The Hall–Kier alpha value is -1.00. The molecule has 0 spiro atoms. The maximum atomic E-state index is 10.3. The van der Waals surface area contributed by atoms with Crippen LogP contribution in [0.4, 0.5) is 0 Å². The Morgan fingerprint density at radius 2 is 1.92 bits per heavy atom. The van der Waals surface area contributed by atoms with Crippen LogP contribution in [-0.4, -0.2) is 11.1 Å². The van der Waals surface area contributed by atoms with Gasteiger partial charge in [-0.15, -0.1) is 0 Å². The van der Waals surface area contributed by atoms with Crippen molar-refractivity contribution in [1.82, 2.24) is 0 Å². The second-order valence-corrected chi connectivity index (χ2v) is 2.62. The zero-order chi connectivity index (χ0) is 8.97. The van der Waals surface area contributed by atoms with Gasteiger partial charge in [-0.25, -0.2) is 0 Å². The molecule has 1 atom stereocenters. The Bertz CT molecular complexity index is 264. The minimum absolute atomic E-state index is 0. The van der Waals surface area contributed by atoms with Crippen LogP contribution in [0, 0.1) is 0 Å². The van der Waals surface area contributed by atoms with Crippen molar-refractivity contribution in [3.05, 3.63) is 35.9 Å². The number of carbonyl (C=O) groups is 1. The molecular weight excluding hydrogens is 186 g/mol. The van der Waals surface area contributed by atoms with E-state index in [9.17, 15) is 4.79 Å². The molecule has 0 fully saturated rings. The van der Waals surface area contributed by atoms with E-state index in [-0.39, 0.29) is 19.9 Å². The number of hydrogen-bond donors (Lipinski definition) is 2. The van der Waals surface area contributed by atoms with Crippen molar-refractivity contribution >= 4 is 19.5 Å². The summed E-state index contributed by atoms with van der Waals surface area (Å²) >= 11 is 0. The SMILES string of the molecule is N[C@@H](CC(=O)O)c1ccccc1.S. The average Bonchev–Trinajstić information content (AvgIpc) is 2.05. The second kappa shape index (κ2) is 5.61. The Kier molecular flexibility index (Phi) is 5.18. The van der Waals surface area contributed by atoms with Gasteiger partial charge >= 0.3 is 5.97 Å². The van der Waals surface area contributed by atoms with E-state index in [0.717, 1.165) is 5.56 Å². The van der Waals surface area contributed by atoms with Crippen molar-refractivity contribution < 1.29 is 9.90 Å². The first kappa shape index (κ1) is 12.0. The summed E-state index contributed by atoms with van der Waals surface area (Å²) < 4.78 is 0. The minimum Gasteiger partial charge on any atom is -0.481 e. The fraction of sp³-hybridized carbons (Fsp3) is 0.222. The topological polar surface area (TPSA) is 63.3 Å². The molecule has 1 aromatic rings. The van der Waals surface area contributed by atoms with Crippen LogP contribution in [-0.2, 0) is 4.79 Å². The Balaban J connectivity index is 0.00000144. The number of carboxylic acid groups (broad SMARTS) is 1. The predicted octanol–water partition coefficient (Wildman–Crippen LogP) is 1.27. The molecule has 13 heavy (non-hydrogen) atoms. The molecule has 0 unspecified atom stereocenters. The van der Waals surface area contributed by atoms with Crippen LogP contribution < -0.4 is 5.73 Å². The normalized spacial score (nSPS) is 11.5. The van der Waals surface area contributed by atoms with Gasteiger partial charge in [0.2, 0.25) is 0 Å². The lowest BCUT2D eigenvalue weighted by Gasteiger charge is -2.07. The van der Waals surface area contributed by atoms with Crippen molar-refractivity contribution in [2.45, 2.75) is 12.5 Å². The van der Waals surface area contributed by atoms with E-state index >= 15 is 0 Å². The van der Waals surface area contributed by atoms with Gasteiger partial charge in [0.15, 0.2) is 0 Å². The summed E-state index contributed by atoms with van der Waals surface area (Å²) in [7, 11) is 0. The molecule has 3 N–H and O–H groups in total. The quantitative estimate of drug-likeness (QED) is 0.770. The molecule has 0 aromatic heterocycles. The number of nitrogens with two attached hydrogens (primary N) is 1. The van der Waals surface area contributed by atoms with Crippen LogP contribution in [0.3, 0.4) is 0 Å². The van der Waals surface area contributed by atoms with Crippen molar-refractivity contribution in [2.75, 3.05) is 0 Å². The number of benzene rings is 1. The highest BCUT2D eigenvalue weighted by molar-refractivity contribution is 7.59. The standard InChI is InChI=1S/C9H11NO2.H2S/c10-8(6-9(11)12)7-4-2-1-3-5-7;/h1-5,8H,6,10H2,(H,11,12);1H2/t8-;/m0./s1. The first-order valence-electron chi connectivity index (χ1n) is 3.72. The van der Waals surface area contributed by atoms with Gasteiger partial charge < -0.3 is 10.8 Å². The van der Waals surface area contributed by atoms with Gasteiger partial charge in [0.05, 0.1) is 6.42 Å². The van der Waals surface area contributed by atoms with Gasteiger partial charge in [0.25, 0.3) is 0 Å². The molecule has 0 aliphatic carbocycles. The molecule has 1 rings (SSSR count). The van der Waals surface area contributed by atoms with Crippen LogP contribution in [0.2, 0.25) is 0 Å². The lowest BCUT2D eigenvalue weighted by Crippen LogP contribution is -2.14. The average molecular weight is 199 g/mol. The summed E-state index contributed by atoms with van der Waals surface area (Å²) in [5.41, 5.74) is 6.48. The lowest BCUT2D eigenvalue weighted by atomic mass is 10.1. The molecule has 4 heteroatoms. The second-order valence-electron chi connectivity index (χ2n) is 2.62. The van der Waals surface area contributed by atoms with E-state index in [1.165, 1.54) is 0 Å². The van der Waals surface area contributed by atoms with Crippen LogP contribution in [0.25, 0.3) is 0 Å². The molecular formula is C9H13NO2S. The van der Waals surface area contributed by atoms with Crippen LogP contribution in [0.5, 0.6) is 0 Å². The summed E-state index contributed by atoms with van der Waals surface area (Å²) in [6.07, 6.45) is -0.0238. The summed E-state index contributed by atoms with van der Waals surface area (Å²) in [6.45, 7) is 0. The molecule has 0 heterocycles. The third kappa shape index (κ3) is 3.96. The zero-order valence-electron chi connectivity index (χ0n) is 7.10. The highest BCUT2D eigenvalue weighted by atomic mass is 32.1. The van der Waals surface area contributed by atoms with E-state index in [1.54, 1.807) is 0 Å². The number of rotatable bonds is 3. The summed E-state index contributed by atoms with van der Waals surface area (Å²) in [4.78, 5) is 10.3. The molecule has 72 valence electrons. The predicted molar refractivity (Wildman–Crippen MR) is 56.0 cm³/mol. The molecule has 0 aliphatic heterocycles. The highest BCUT2D eigenvalue weighted by Gasteiger charge is 2.08. The molecule has 0 bridgehead atoms. The van der Waals surface area contributed by atoms with E-state index in [0.29, 0.717) is 0 Å². The van der Waals surface area contributed by atoms with Gasteiger partial charge in [-0.05, 0) is 5.56 Å². The van der Waals surface area contributed by atoms with Crippen molar-refractivity contribution in [3.63, 3.8) is 0 Å². The molecule has 0 saturated heterocycles. The largest absolute Gasteiger partial charge is 0.481 e. The Labute approximate surface area is 84.0 Å². The molecule has 0 aliphatic rings. The minimum atomic E-state index is -0.869. The first-order valence-corrected chi connectivity index (χ1v) is 3.72. The monoisotopic (exact) mass is 199 g/mol. The smallest absolute Gasteiger partial charge is 0.305 e. The van der Waals surface area contributed by atoms with Crippen LogP contribution in [0.1, 0.15) is 18.0 Å². The van der Waals surface area contributed by atoms with Crippen LogP contribution >= 0.6 is 13.5 Å².